The third-order valence-electron chi connectivity index (χ3n) is 4.08. The predicted molar refractivity (Wildman–Crippen MR) is 76.4 cm³/mol. The summed E-state index contributed by atoms with van der Waals surface area (Å²) < 4.78 is 28.6. The van der Waals surface area contributed by atoms with Crippen molar-refractivity contribution < 1.29 is 13.2 Å². The van der Waals surface area contributed by atoms with Crippen LogP contribution < -0.4 is 10.6 Å². The van der Waals surface area contributed by atoms with Gasteiger partial charge in [0.1, 0.15) is 6.04 Å². The summed E-state index contributed by atoms with van der Waals surface area (Å²) in [5, 5.41) is 5.63. The highest BCUT2D eigenvalue weighted by Crippen LogP contribution is 2.24. The van der Waals surface area contributed by atoms with E-state index in [1.807, 2.05) is 6.92 Å². The van der Waals surface area contributed by atoms with Crippen molar-refractivity contribution in [3.8, 4) is 0 Å². The maximum atomic E-state index is 12.8. The van der Waals surface area contributed by atoms with Crippen molar-refractivity contribution in [2.24, 2.45) is 0 Å². The number of carbonyl (C=O) groups is 1. The smallest absolute Gasteiger partial charge is 0.283 e. The monoisotopic (exact) mass is 304 g/mol. The van der Waals surface area contributed by atoms with E-state index in [0.717, 1.165) is 19.3 Å². The predicted octanol–water partition coefficient (Wildman–Crippen LogP) is -0.875. The summed E-state index contributed by atoms with van der Waals surface area (Å²) in [7, 11) is -2.04. The molecule has 2 fully saturated rings. The second-order valence-corrected chi connectivity index (χ2v) is 7.24. The van der Waals surface area contributed by atoms with Crippen molar-refractivity contribution in [1.29, 1.82) is 0 Å². The van der Waals surface area contributed by atoms with Crippen molar-refractivity contribution in [3.05, 3.63) is 0 Å². The summed E-state index contributed by atoms with van der Waals surface area (Å²) in [5.41, 5.74) is 0. The van der Waals surface area contributed by atoms with Gasteiger partial charge < -0.3 is 10.6 Å². The average Bonchev–Trinajstić information content (AvgIpc) is 2.46. The topological polar surface area (TPSA) is 81.8 Å². The number of rotatable bonds is 3. The molecule has 0 aromatic heterocycles. The fourth-order valence-corrected chi connectivity index (χ4v) is 4.90. The van der Waals surface area contributed by atoms with Crippen molar-refractivity contribution >= 4 is 16.1 Å². The van der Waals surface area contributed by atoms with E-state index in [4.69, 9.17) is 0 Å². The molecule has 2 unspecified atom stereocenters. The van der Waals surface area contributed by atoms with Gasteiger partial charge in [-0.05, 0) is 19.8 Å². The molecule has 2 saturated heterocycles. The van der Waals surface area contributed by atoms with Gasteiger partial charge in [-0.25, -0.2) is 0 Å². The zero-order chi connectivity index (χ0) is 14.8. The van der Waals surface area contributed by atoms with Gasteiger partial charge in [-0.3, -0.25) is 4.79 Å². The highest BCUT2D eigenvalue weighted by Gasteiger charge is 2.41. The first kappa shape index (κ1) is 15.7. The maximum absolute atomic E-state index is 12.8. The lowest BCUT2D eigenvalue weighted by Gasteiger charge is -2.40. The standard InChI is InChI=1S/C12H24N4O3S/c1-10-5-3-4-7-15(10)20(18,19)16-8-6-14-9-11(16)12(17)13-2/h10-11,14H,3-9H2,1-2H3,(H,13,17). The molecule has 0 bridgehead atoms. The van der Waals surface area contributed by atoms with Gasteiger partial charge >= 0.3 is 0 Å². The van der Waals surface area contributed by atoms with Crippen LogP contribution in [0.4, 0.5) is 0 Å². The van der Waals surface area contributed by atoms with Gasteiger partial charge in [0.25, 0.3) is 10.2 Å². The molecule has 8 heteroatoms. The molecule has 7 nitrogen and oxygen atoms in total. The second kappa shape index (κ2) is 6.38. The first-order valence-corrected chi connectivity index (χ1v) is 8.59. The lowest BCUT2D eigenvalue weighted by Crippen LogP contribution is -2.62. The number of nitrogens with one attached hydrogen (secondary N) is 2. The van der Waals surface area contributed by atoms with E-state index in [1.165, 1.54) is 11.4 Å². The molecule has 2 atom stereocenters. The number of piperazine rings is 1. The highest BCUT2D eigenvalue weighted by molar-refractivity contribution is 7.86. The van der Waals surface area contributed by atoms with Crippen LogP contribution in [0.15, 0.2) is 0 Å². The van der Waals surface area contributed by atoms with Gasteiger partial charge in [0.15, 0.2) is 0 Å². The molecule has 0 spiro atoms. The van der Waals surface area contributed by atoms with Gasteiger partial charge in [0.05, 0.1) is 0 Å². The Bertz CT molecular complexity index is 454. The van der Waals surface area contributed by atoms with Crippen molar-refractivity contribution in [1.82, 2.24) is 19.2 Å². The lowest BCUT2D eigenvalue weighted by molar-refractivity contribution is -0.124. The number of carbonyl (C=O) groups excluding carboxylic acids is 1. The van der Waals surface area contributed by atoms with E-state index in [0.29, 0.717) is 26.2 Å². The molecular formula is C12H24N4O3S. The van der Waals surface area contributed by atoms with Gasteiger partial charge in [-0.2, -0.15) is 17.0 Å². The zero-order valence-corrected chi connectivity index (χ0v) is 12.9. The van der Waals surface area contributed by atoms with Crippen LogP contribution in [0.2, 0.25) is 0 Å². The number of nitrogens with zero attached hydrogens (tertiary/aromatic N) is 2. The van der Waals surface area contributed by atoms with Crippen LogP contribution in [0.3, 0.4) is 0 Å². The second-order valence-electron chi connectivity index (χ2n) is 5.41. The lowest BCUT2D eigenvalue weighted by atomic mass is 10.1. The minimum absolute atomic E-state index is 0.00831. The molecule has 2 aliphatic heterocycles. The summed E-state index contributed by atoms with van der Waals surface area (Å²) >= 11 is 0. The number of hydrogen-bond donors (Lipinski definition) is 2. The quantitative estimate of drug-likeness (QED) is 0.710. The van der Waals surface area contributed by atoms with Crippen molar-refractivity contribution in [3.63, 3.8) is 0 Å². The van der Waals surface area contributed by atoms with Crippen LogP contribution in [0.1, 0.15) is 26.2 Å². The minimum atomic E-state index is -3.57. The highest BCUT2D eigenvalue weighted by atomic mass is 32.2. The summed E-state index contributed by atoms with van der Waals surface area (Å²) in [6.07, 6.45) is 2.84. The SMILES string of the molecule is CNC(=O)C1CNCCN1S(=O)(=O)N1CCCCC1C. The molecular weight excluding hydrogens is 280 g/mol. The number of hydrogen-bond acceptors (Lipinski definition) is 4. The molecule has 0 aromatic rings. The molecule has 2 heterocycles. The van der Waals surface area contributed by atoms with E-state index in [1.54, 1.807) is 4.31 Å². The van der Waals surface area contributed by atoms with Crippen LogP contribution in [0, 0.1) is 0 Å². The Balaban J connectivity index is 2.23. The normalized spacial score (nSPS) is 30.1. The molecule has 2 rings (SSSR count). The molecule has 0 aliphatic carbocycles. The number of piperidine rings is 1. The Morgan fingerprint density at radius 2 is 2.00 bits per heavy atom. The summed E-state index contributed by atoms with van der Waals surface area (Å²) in [5.74, 6) is -0.259. The van der Waals surface area contributed by atoms with Crippen molar-refractivity contribution in [2.75, 3.05) is 33.2 Å². The Morgan fingerprint density at radius 3 is 2.65 bits per heavy atom. The fourth-order valence-electron chi connectivity index (χ4n) is 2.90. The minimum Gasteiger partial charge on any atom is -0.358 e. The van der Waals surface area contributed by atoms with Gasteiger partial charge in [0, 0.05) is 39.3 Å². The summed E-state index contributed by atoms with van der Waals surface area (Å²) in [6, 6.07) is -0.651. The van der Waals surface area contributed by atoms with Gasteiger partial charge in [-0.15, -0.1) is 0 Å². The molecule has 0 aromatic carbocycles. The van der Waals surface area contributed by atoms with Crippen LogP contribution in [-0.2, 0) is 15.0 Å². The zero-order valence-electron chi connectivity index (χ0n) is 12.1. The Labute approximate surface area is 120 Å². The molecule has 20 heavy (non-hydrogen) atoms. The Hall–Kier alpha value is -0.700. The van der Waals surface area contributed by atoms with Crippen LogP contribution in [-0.4, -0.2) is 68.2 Å². The van der Waals surface area contributed by atoms with E-state index in [9.17, 15) is 13.2 Å². The summed E-state index contributed by atoms with van der Waals surface area (Å²) in [6.45, 7) is 3.77. The molecule has 0 radical (unpaired) electrons. The molecule has 0 saturated carbocycles. The Morgan fingerprint density at radius 1 is 1.25 bits per heavy atom. The van der Waals surface area contributed by atoms with E-state index in [-0.39, 0.29) is 11.9 Å². The van der Waals surface area contributed by atoms with Crippen molar-refractivity contribution in [2.45, 2.75) is 38.3 Å². The van der Waals surface area contributed by atoms with Crippen LogP contribution in [0.5, 0.6) is 0 Å². The molecule has 2 aliphatic rings. The van der Waals surface area contributed by atoms with E-state index < -0.39 is 16.3 Å². The molecule has 2 N–H and O–H groups in total. The Kier molecular flexibility index (Phi) is 5.00. The van der Waals surface area contributed by atoms with Gasteiger partial charge in [-0.1, -0.05) is 6.42 Å². The maximum Gasteiger partial charge on any atom is 0.283 e. The number of likely N-dealkylation sites (N-methyl/N-ethyl adjacent to an activating group) is 1. The third kappa shape index (κ3) is 2.98. The first-order valence-electron chi connectivity index (χ1n) is 7.19. The number of amides is 1. The largest absolute Gasteiger partial charge is 0.358 e. The third-order valence-corrected chi connectivity index (χ3v) is 6.24. The summed E-state index contributed by atoms with van der Waals surface area (Å²) in [4.78, 5) is 11.9. The fraction of sp³-hybridized carbons (Fsp3) is 0.917. The van der Waals surface area contributed by atoms with Crippen LogP contribution >= 0.6 is 0 Å². The molecule has 1 amide bonds. The van der Waals surface area contributed by atoms with E-state index >= 15 is 0 Å². The van der Waals surface area contributed by atoms with E-state index in [2.05, 4.69) is 10.6 Å². The molecule has 116 valence electrons. The first-order chi connectivity index (χ1) is 9.48. The van der Waals surface area contributed by atoms with Crippen LogP contribution in [0.25, 0.3) is 0 Å². The van der Waals surface area contributed by atoms with Gasteiger partial charge in [0.2, 0.25) is 5.91 Å². The average molecular weight is 304 g/mol.